The van der Waals surface area contributed by atoms with Gasteiger partial charge in [-0.1, -0.05) is 121 Å². The Kier molecular flexibility index (Phi) is 7.43. The van der Waals surface area contributed by atoms with Crippen LogP contribution in [0.4, 0.5) is 0 Å². The highest BCUT2D eigenvalue weighted by Gasteiger charge is 2.47. The minimum atomic E-state index is -1.04. The van der Waals surface area contributed by atoms with Gasteiger partial charge in [0.25, 0.3) is 0 Å². The highest BCUT2D eigenvalue weighted by Crippen LogP contribution is 2.59. The number of hydrogen-bond acceptors (Lipinski definition) is 6. The summed E-state index contributed by atoms with van der Waals surface area (Å²) < 4.78 is 26.2. The van der Waals surface area contributed by atoms with E-state index in [1.54, 1.807) is 0 Å². The van der Waals surface area contributed by atoms with Crippen molar-refractivity contribution in [2.45, 2.75) is 5.41 Å². The molecular weight excluding hydrogens is 781 g/mol. The van der Waals surface area contributed by atoms with E-state index in [4.69, 9.17) is 17.7 Å². The van der Waals surface area contributed by atoms with Crippen molar-refractivity contribution in [2.75, 3.05) is 0 Å². The maximum atomic E-state index is 12.5. The number of hydrogen-bond donors (Lipinski definition) is 2. The first-order valence-corrected chi connectivity index (χ1v) is 20.9. The van der Waals surface area contributed by atoms with Gasteiger partial charge in [-0.3, -0.25) is 0 Å². The molecule has 0 bridgehead atoms. The molecule has 4 aromatic heterocycles. The minimum absolute atomic E-state index is 0.0308. The Morgan fingerprint density at radius 2 is 0.556 bits per heavy atom. The van der Waals surface area contributed by atoms with Crippen LogP contribution in [0.3, 0.4) is 0 Å². The van der Waals surface area contributed by atoms with Crippen molar-refractivity contribution in [3.05, 3.63) is 216 Å². The Hall–Kier alpha value is -8.48. The number of benzene rings is 8. The topological polar surface area (TPSA) is 93.0 Å². The molecule has 12 aromatic rings. The molecule has 0 radical (unpaired) electrons. The molecule has 0 saturated carbocycles. The molecule has 0 fully saturated rings. The van der Waals surface area contributed by atoms with Gasteiger partial charge in [-0.15, -0.1) is 0 Å². The first-order valence-electron chi connectivity index (χ1n) is 20.9. The zero-order valence-electron chi connectivity index (χ0n) is 33.5. The molecule has 6 heteroatoms. The Balaban J connectivity index is 1.18. The van der Waals surface area contributed by atoms with Crippen LogP contribution in [0.5, 0.6) is 11.5 Å². The smallest absolute Gasteiger partial charge is 0.139 e. The van der Waals surface area contributed by atoms with E-state index in [-0.39, 0.29) is 11.5 Å². The molecule has 0 amide bonds. The predicted octanol–water partition coefficient (Wildman–Crippen LogP) is 15.1. The molecule has 0 atom stereocenters. The van der Waals surface area contributed by atoms with Gasteiger partial charge in [-0.25, -0.2) is 0 Å². The van der Waals surface area contributed by atoms with Crippen molar-refractivity contribution < 1.29 is 27.9 Å². The lowest BCUT2D eigenvalue weighted by atomic mass is 9.66. The van der Waals surface area contributed by atoms with E-state index in [1.807, 2.05) is 146 Å². The fourth-order valence-electron chi connectivity index (χ4n) is 9.94. The summed E-state index contributed by atoms with van der Waals surface area (Å²) in [7, 11) is 0. The second kappa shape index (κ2) is 13.3. The van der Waals surface area contributed by atoms with Crippen molar-refractivity contribution in [3.63, 3.8) is 0 Å². The van der Waals surface area contributed by atoms with Crippen molar-refractivity contribution in [3.8, 4) is 67.9 Å². The number of aromatic hydroxyl groups is 2. The van der Waals surface area contributed by atoms with Crippen LogP contribution in [0, 0.1) is 0 Å². The Morgan fingerprint density at radius 3 is 0.857 bits per heavy atom. The molecule has 1 aliphatic rings. The zero-order valence-corrected chi connectivity index (χ0v) is 33.5. The quantitative estimate of drug-likeness (QED) is 0.174. The number of phenolic OH excluding ortho intramolecular Hbond substituents is 2. The van der Waals surface area contributed by atoms with Crippen LogP contribution in [-0.2, 0) is 5.41 Å². The molecule has 0 spiro atoms. The Morgan fingerprint density at radius 1 is 0.286 bits per heavy atom. The molecule has 4 heterocycles. The molecule has 63 heavy (non-hydrogen) atoms. The average Bonchev–Trinajstić information content (AvgIpc) is 4.17. The van der Waals surface area contributed by atoms with Crippen molar-refractivity contribution in [1.82, 2.24) is 0 Å². The number of furan rings is 4. The third kappa shape index (κ3) is 5.19. The predicted molar refractivity (Wildman–Crippen MR) is 248 cm³/mol. The van der Waals surface area contributed by atoms with E-state index in [2.05, 4.69) is 48.5 Å². The summed E-state index contributed by atoms with van der Waals surface area (Å²) in [5.41, 5.74) is 9.71. The molecule has 0 saturated heterocycles. The second-order valence-electron chi connectivity index (χ2n) is 16.3. The van der Waals surface area contributed by atoms with E-state index >= 15 is 0 Å². The number of phenols is 2. The van der Waals surface area contributed by atoms with Crippen LogP contribution in [0.2, 0.25) is 0 Å². The molecule has 0 aliphatic heterocycles. The van der Waals surface area contributed by atoms with E-state index < -0.39 is 5.41 Å². The van der Waals surface area contributed by atoms with Crippen molar-refractivity contribution >= 4 is 43.9 Å². The Bertz CT molecular complexity index is 3220. The van der Waals surface area contributed by atoms with E-state index in [0.717, 1.165) is 54.9 Å². The summed E-state index contributed by atoms with van der Waals surface area (Å²) in [6.07, 6.45) is 0. The summed E-state index contributed by atoms with van der Waals surface area (Å²) >= 11 is 0. The minimum Gasteiger partial charge on any atom is -0.506 e. The third-order valence-corrected chi connectivity index (χ3v) is 12.8. The van der Waals surface area contributed by atoms with Gasteiger partial charge in [0, 0.05) is 21.5 Å². The number of fused-ring (bicyclic) bond motifs is 7. The van der Waals surface area contributed by atoms with Gasteiger partial charge < -0.3 is 27.9 Å². The van der Waals surface area contributed by atoms with Crippen LogP contribution >= 0.6 is 0 Å². The number of rotatable bonds is 6. The highest BCUT2D eigenvalue weighted by molar-refractivity contribution is 5.95. The maximum Gasteiger partial charge on any atom is 0.139 e. The summed E-state index contributed by atoms with van der Waals surface area (Å²) in [5, 5.41) is 28.7. The SMILES string of the molecule is Oc1c(-c2cc3ccccc3o2)cc(C2(c3cc(-c4cc5ccccc5o4)c(O)c(-c4cc5ccccc5o4)c3)c3ccccc3-c3ccccc32)cc1-c1cc2ccccc2o1. The zero-order chi connectivity index (χ0) is 41.8. The molecule has 1 aliphatic carbocycles. The molecular formula is C57H34O6. The lowest BCUT2D eigenvalue weighted by Gasteiger charge is -2.35. The lowest BCUT2D eigenvalue weighted by molar-refractivity contribution is 0.473. The molecule has 8 aromatic carbocycles. The molecule has 298 valence electrons. The molecule has 2 N–H and O–H groups in total. The molecule has 13 rings (SSSR count). The van der Waals surface area contributed by atoms with Gasteiger partial charge in [0.1, 0.15) is 56.9 Å². The van der Waals surface area contributed by atoms with Gasteiger partial charge in [0.05, 0.1) is 27.7 Å². The monoisotopic (exact) mass is 814 g/mol. The van der Waals surface area contributed by atoms with Gasteiger partial charge in [-0.2, -0.15) is 0 Å². The van der Waals surface area contributed by atoms with Crippen LogP contribution in [0.1, 0.15) is 22.3 Å². The van der Waals surface area contributed by atoms with Crippen LogP contribution in [0.15, 0.2) is 212 Å². The normalized spacial score (nSPS) is 13.0. The van der Waals surface area contributed by atoms with Crippen molar-refractivity contribution in [1.29, 1.82) is 0 Å². The number of para-hydroxylation sites is 4. The van der Waals surface area contributed by atoms with Crippen LogP contribution < -0.4 is 0 Å². The van der Waals surface area contributed by atoms with E-state index in [0.29, 0.717) is 67.6 Å². The van der Waals surface area contributed by atoms with Gasteiger partial charge >= 0.3 is 0 Å². The van der Waals surface area contributed by atoms with Crippen LogP contribution in [-0.4, -0.2) is 10.2 Å². The van der Waals surface area contributed by atoms with Crippen LogP contribution in [0.25, 0.3) is 100 Å². The van der Waals surface area contributed by atoms with Gasteiger partial charge in [-0.05, 0) is 106 Å². The average molecular weight is 815 g/mol. The largest absolute Gasteiger partial charge is 0.506 e. The second-order valence-corrected chi connectivity index (χ2v) is 16.3. The summed E-state index contributed by atoms with van der Waals surface area (Å²) in [5.74, 6) is 2.11. The van der Waals surface area contributed by atoms with Gasteiger partial charge in [0.15, 0.2) is 0 Å². The maximum absolute atomic E-state index is 12.5. The standard InChI is InChI=1S/C57H34O6/c58-55-41(51-25-33-13-1-9-21-47(33)60-51)29-37(30-42(55)52-26-34-14-2-10-22-48(34)61-52)57(45-19-7-5-17-39(45)40-18-6-8-20-46(40)57)38-31-43(53-27-35-15-3-11-23-49(35)62-53)56(59)44(32-38)54-28-36-16-4-12-24-50(36)63-54/h1-32,58-59H. The van der Waals surface area contributed by atoms with Gasteiger partial charge in [0.2, 0.25) is 0 Å². The third-order valence-electron chi connectivity index (χ3n) is 12.8. The van der Waals surface area contributed by atoms with E-state index in [1.165, 1.54) is 0 Å². The first-order chi connectivity index (χ1) is 31.0. The summed E-state index contributed by atoms with van der Waals surface area (Å²) in [6, 6.07) is 64.5. The van der Waals surface area contributed by atoms with E-state index in [9.17, 15) is 10.2 Å². The Labute approximate surface area is 360 Å². The fraction of sp³-hybridized carbons (Fsp3) is 0.0175. The molecule has 6 nitrogen and oxygen atoms in total. The molecule has 0 unspecified atom stereocenters. The first kappa shape index (κ1) is 35.3. The summed E-state index contributed by atoms with van der Waals surface area (Å²) in [6.45, 7) is 0. The fourth-order valence-corrected chi connectivity index (χ4v) is 9.94. The highest BCUT2D eigenvalue weighted by atomic mass is 16.4. The summed E-state index contributed by atoms with van der Waals surface area (Å²) in [4.78, 5) is 0. The lowest BCUT2D eigenvalue weighted by Crippen LogP contribution is -2.29. The van der Waals surface area contributed by atoms with Crippen molar-refractivity contribution in [2.24, 2.45) is 0 Å².